The van der Waals surface area contributed by atoms with Crippen LogP contribution in [0.1, 0.15) is 39.3 Å². The van der Waals surface area contributed by atoms with Crippen LogP contribution < -0.4 is 25.6 Å². The summed E-state index contributed by atoms with van der Waals surface area (Å²) >= 11 is 0. The molecule has 6 atom stereocenters. The third-order valence-corrected chi connectivity index (χ3v) is 7.37. The van der Waals surface area contributed by atoms with Gasteiger partial charge in [0.2, 0.25) is 0 Å². The van der Waals surface area contributed by atoms with Crippen molar-refractivity contribution in [3.8, 4) is 11.5 Å². The Balaban J connectivity index is 1.37. The molecule has 1 aromatic carbocycles. The third kappa shape index (κ3) is 6.12. The molecule has 0 amide bonds. The Bertz CT molecular complexity index is 1260. The maximum Gasteiger partial charge on any atom is 0.330 e. The van der Waals surface area contributed by atoms with E-state index in [1.165, 1.54) is 19.1 Å². The number of aromatic amines is 1. The number of carbonyl (C=O) groups is 1. The number of aliphatic hydroxyl groups excluding tert-OH is 1. The number of halogens is 1. The van der Waals surface area contributed by atoms with Crippen LogP contribution in [-0.4, -0.2) is 57.3 Å². The lowest BCUT2D eigenvalue weighted by Gasteiger charge is -2.26. The van der Waals surface area contributed by atoms with Gasteiger partial charge in [-0.2, -0.15) is 0 Å². The summed E-state index contributed by atoms with van der Waals surface area (Å²) in [4.78, 5) is 37.6. The van der Waals surface area contributed by atoms with Gasteiger partial charge in [-0.25, -0.2) is 14.3 Å². The van der Waals surface area contributed by atoms with Gasteiger partial charge in [0.15, 0.2) is 23.4 Å². The number of benzene rings is 1. The fraction of sp³-hybridized carbons (Fsp3) is 0.522. The van der Waals surface area contributed by atoms with Crippen LogP contribution in [0.5, 0.6) is 11.5 Å². The number of rotatable bonds is 10. The van der Waals surface area contributed by atoms with Crippen LogP contribution in [0.25, 0.3) is 0 Å². The normalized spacial score (nSPS) is 27.2. The predicted octanol–water partition coefficient (Wildman–Crippen LogP) is 1.44. The van der Waals surface area contributed by atoms with Crippen molar-refractivity contribution < 1.29 is 37.6 Å². The summed E-state index contributed by atoms with van der Waals surface area (Å²) in [5.41, 5.74) is -3.93. The van der Waals surface area contributed by atoms with E-state index < -0.39 is 55.5 Å². The number of aromatic nitrogens is 2. The highest BCUT2D eigenvalue weighted by Gasteiger charge is 2.55. The molecule has 12 nitrogen and oxygen atoms in total. The average molecular weight is 541 g/mol. The minimum absolute atomic E-state index is 0.0855. The second-order valence-electron chi connectivity index (χ2n) is 9.14. The Morgan fingerprint density at radius 3 is 2.68 bits per heavy atom. The van der Waals surface area contributed by atoms with E-state index in [0.717, 1.165) is 43.0 Å². The highest BCUT2D eigenvalue weighted by atomic mass is 31.1. The summed E-state index contributed by atoms with van der Waals surface area (Å²) in [6.07, 6.45) is -0.760. The first-order chi connectivity index (χ1) is 17.6. The van der Waals surface area contributed by atoms with Gasteiger partial charge < -0.3 is 23.8 Å². The molecule has 4 rings (SSSR count). The zero-order valence-corrected chi connectivity index (χ0v) is 21.2. The third-order valence-electron chi connectivity index (χ3n) is 6.30. The number of alkyl halides is 1. The molecule has 0 bridgehead atoms. The lowest BCUT2D eigenvalue weighted by molar-refractivity contribution is -0.154. The van der Waals surface area contributed by atoms with Gasteiger partial charge in [-0.05, 0) is 45.2 Å². The summed E-state index contributed by atoms with van der Waals surface area (Å²) in [6.45, 7) is 2.26. The second-order valence-corrected chi connectivity index (χ2v) is 10.2. The van der Waals surface area contributed by atoms with E-state index in [0.29, 0.717) is 0 Å². The molecule has 1 aliphatic carbocycles. The molecule has 1 aromatic heterocycles. The number of hydrogen-bond acceptors (Lipinski definition) is 9. The Kier molecular flexibility index (Phi) is 8.17. The lowest BCUT2D eigenvalue weighted by Crippen LogP contribution is -2.43. The summed E-state index contributed by atoms with van der Waals surface area (Å²) in [6, 6.07) is 6.43. The number of nitrogens with one attached hydrogen (secondary N) is 2. The standard InChI is InChI=1S/C23H29FN3O9P/c1-13(20(30)34-14-6-5-7-14)26-37(32)36-16-9-4-3-8-15(16)33-12-17-19(29)23(2,24)21(35-17)27-11-10-18(28)25-22(27)31/h3-4,8-11,13-14,17,19,21,29,37H,5-7,12H2,1-2H3,(H,26,32)(H,25,28,31)/t13?,17-,19-,21-,23-/m1/s1. The summed E-state index contributed by atoms with van der Waals surface area (Å²) in [7, 11) is -2.94. The van der Waals surface area contributed by atoms with Crippen molar-refractivity contribution in [2.24, 2.45) is 0 Å². The quantitative estimate of drug-likeness (QED) is 0.297. The molecule has 0 spiro atoms. The molecule has 202 valence electrons. The van der Waals surface area contributed by atoms with E-state index in [2.05, 4.69) is 5.09 Å². The number of carbonyl (C=O) groups excluding carboxylic acids is 1. The van der Waals surface area contributed by atoms with E-state index in [-0.39, 0.29) is 24.2 Å². The maximum absolute atomic E-state index is 15.4. The fourth-order valence-corrected chi connectivity index (χ4v) is 4.81. The molecule has 14 heteroatoms. The van der Waals surface area contributed by atoms with Gasteiger partial charge in [-0.3, -0.25) is 23.7 Å². The largest absolute Gasteiger partial charge is 0.487 e. The monoisotopic (exact) mass is 541 g/mol. The predicted molar refractivity (Wildman–Crippen MR) is 129 cm³/mol. The number of H-pyrrole nitrogens is 1. The molecular formula is C23H29FN3O9P. The van der Waals surface area contributed by atoms with Crippen molar-refractivity contribution in [1.29, 1.82) is 0 Å². The Hall–Kier alpha value is -2.99. The average Bonchev–Trinajstić information content (AvgIpc) is 3.04. The number of hydrogen-bond donors (Lipinski definition) is 3. The van der Waals surface area contributed by atoms with E-state index >= 15 is 4.39 Å². The van der Waals surface area contributed by atoms with E-state index in [1.807, 2.05) is 4.98 Å². The topological polar surface area (TPSA) is 158 Å². The van der Waals surface area contributed by atoms with Crippen molar-refractivity contribution in [1.82, 2.24) is 14.6 Å². The summed E-state index contributed by atoms with van der Waals surface area (Å²) in [5.74, 6) is -0.301. The zero-order chi connectivity index (χ0) is 26.7. The maximum atomic E-state index is 15.4. The molecule has 1 saturated heterocycles. The number of nitrogens with zero attached hydrogens (tertiary/aromatic N) is 1. The fourth-order valence-electron chi connectivity index (χ4n) is 3.91. The van der Waals surface area contributed by atoms with Gasteiger partial charge in [-0.1, -0.05) is 12.1 Å². The number of ether oxygens (including phenoxy) is 3. The van der Waals surface area contributed by atoms with E-state index in [9.17, 15) is 24.1 Å². The van der Waals surface area contributed by atoms with Crippen molar-refractivity contribution in [3.05, 3.63) is 57.4 Å². The highest BCUT2D eigenvalue weighted by Crippen LogP contribution is 2.41. The summed E-state index contributed by atoms with van der Waals surface area (Å²) < 4.78 is 50.7. The van der Waals surface area contributed by atoms with E-state index in [1.54, 1.807) is 12.1 Å². The lowest BCUT2D eigenvalue weighted by atomic mass is 9.96. The molecule has 1 aliphatic heterocycles. The molecule has 2 unspecified atom stereocenters. The molecule has 0 radical (unpaired) electrons. The van der Waals surface area contributed by atoms with Crippen LogP contribution in [0.4, 0.5) is 4.39 Å². The van der Waals surface area contributed by atoms with Crippen molar-refractivity contribution in [2.45, 2.75) is 69.4 Å². The van der Waals surface area contributed by atoms with Crippen LogP contribution >= 0.6 is 8.18 Å². The van der Waals surface area contributed by atoms with Crippen molar-refractivity contribution in [3.63, 3.8) is 0 Å². The molecule has 2 aromatic rings. The van der Waals surface area contributed by atoms with Crippen LogP contribution in [0.15, 0.2) is 46.1 Å². The van der Waals surface area contributed by atoms with Gasteiger partial charge in [0.05, 0.1) is 0 Å². The van der Waals surface area contributed by atoms with Crippen molar-refractivity contribution >= 4 is 14.1 Å². The van der Waals surface area contributed by atoms with Crippen LogP contribution in [0, 0.1) is 0 Å². The minimum Gasteiger partial charge on any atom is -0.487 e. The Morgan fingerprint density at radius 2 is 2.03 bits per heavy atom. The first-order valence-corrected chi connectivity index (χ1v) is 13.1. The molecule has 2 aliphatic rings. The molecule has 1 saturated carbocycles. The smallest absolute Gasteiger partial charge is 0.330 e. The van der Waals surface area contributed by atoms with E-state index in [4.69, 9.17) is 18.7 Å². The Labute approximate surface area is 211 Å². The first kappa shape index (κ1) is 27.1. The SMILES string of the molecule is CC(N[PH](=O)Oc1ccccc1OC[C@H]1O[C@@H](n2ccc(=O)[nH]c2=O)[C@](C)(F)[C@@H]1O)C(=O)OC1CCC1. The molecule has 2 heterocycles. The van der Waals surface area contributed by atoms with Crippen molar-refractivity contribution in [2.75, 3.05) is 6.61 Å². The van der Waals surface area contributed by atoms with Gasteiger partial charge in [0, 0.05) is 12.3 Å². The Morgan fingerprint density at radius 1 is 1.32 bits per heavy atom. The van der Waals surface area contributed by atoms with Gasteiger partial charge in [0.1, 0.15) is 31.0 Å². The van der Waals surface area contributed by atoms with Gasteiger partial charge in [0.25, 0.3) is 5.56 Å². The first-order valence-electron chi connectivity index (χ1n) is 11.8. The van der Waals surface area contributed by atoms with Crippen LogP contribution in [0.3, 0.4) is 0 Å². The molecular weight excluding hydrogens is 512 g/mol. The highest BCUT2D eigenvalue weighted by molar-refractivity contribution is 7.37. The molecule has 3 N–H and O–H groups in total. The zero-order valence-electron chi connectivity index (χ0n) is 20.2. The number of para-hydroxylation sites is 2. The summed E-state index contributed by atoms with van der Waals surface area (Å²) in [5, 5.41) is 13.1. The van der Waals surface area contributed by atoms with Gasteiger partial charge in [-0.15, -0.1) is 0 Å². The van der Waals surface area contributed by atoms with Crippen LogP contribution in [0.2, 0.25) is 0 Å². The number of esters is 1. The minimum atomic E-state index is -2.94. The molecule has 2 fully saturated rings. The number of aliphatic hydroxyl groups is 1. The molecule has 37 heavy (non-hydrogen) atoms. The second kappa shape index (κ2) is 11.2. The van der Waals surface area contributed by atoms with Gasteiger partial charge >= 0.3 is 19.8 Å². The van der Waals surface area contributed by atoms with Crippen LogP contribution in [-0.2, 0) is 18.8 Å².